The van der Waals surface area contributed by atoms with Crippen molar-refractivity contribution in [2.24, 2.45) is 0 Å². The van der Waals surface area contributed by atoms with Gasteiger partial charge in [-0.2, -0.15) is 0 Å². The molecule has 34 heavy (non-hydrogen) atoms. The molecule has 4 heterocycles. The van der Waals surface area contributed by atoms with E-state index in [4.69, 9.17) is 26.3 Å². The van der Waals surface area contributed by atoms with Gasteiger partial charge in [-0.05, 0) is 63.4 Å². The third-order valence-electron chi connectivity index (χ3n) is 6.19. The van der Waals surface area contributed by atoms with Crippen LogP contribution in [0, 0.1) is 32.4 Å². The molecule has 1 aliphatic rings. The summed E-state index contributed by atoms with van der Waals surface area (Å²) >= 11 is 5.78. The van der Waals surface area contributed by atoms with Gasteiger partial charge in [0.05, 0.1) is 22.5 Å². The fourth-order valence-electron chi connectivity index (χ4n) is 4.24. The zero-order valence-electron chi connectivity index (χ0n) is 18.9. The average Bonchev–Trinajstić information content (AvgIpc) is 2.83. The van der Waals surface area contributed by atoms with Crippen molar-refractivity contribution >= 4 is 22.8 Å². The molecule has 3 aromatic heterocycles. The predicted molar refractivity (Wildman–Crippen MR) is 125 cm³/mol. The van der Waals surface area contributed by atoms with Crippen LogP contribution in [-0.2, 0) is 4.74 Å². The van der Waals surface area contributed by atoms with Crippen molar-refractivity contribution in [3.8, 4) is 11.3 Å². The summed E-state index contributed by atoms with van der Waals surface area (Å²) in [7, 11) is 0. The summed E-state index contributed by atoms with van der Waals surface area (Å²) in [6.07, 6.45) is 2.96. The van der Waals surface area contributed by atoms with Crippen LogP contribution in [0.25, 0.3) is 22.4 Å². The van der Waals surface area contributed by atoms with Crippen molar-refractivity contribution in [2.45, 2.75) is 45.6 Å². The average molecular weight is 482 g/mol. The molecule has 6 nitrogen and oxygen atoms in total. The second kappa shape index (κ2) is 8.92. The molecular weight excluding hydrogens is 460 g/mol. The van der Waals surface area contributed by atoms with Gasteiger partial charge in [0.15, 0.2) is 17.3 Å². The van der Waals surface area contributed by atoms with Crippen molar-refractivity contribution in [1.29, 1.82) is 0 Å². The number of hydrogen-bond donors (Lipinski definition) is 0. The van der Waals surface area contributed by atoms with E-state index in [0.717, 1.165) is 11.3 Å². The zero-order valence-corrected chi connectivity index (χ0v) is 19.7. The van der Waals surface area contributed by atoms with Crippen molar-refractivity contribution in [3.63, 3.8) is 0 Å². The summed E-state index contributed by atoms with van der Waals surface area (Å²) in [5.41, 5.74) is 4.17. The number of aryl methyl sites for hydroxylation is 3. The highest BCUT2D eigenvalue weighted by Gasteiger charge is 2.29. The number of pyridine rings is 1. The van der Waals surface area contributed by atoms with Crippen LogP contribution in [0.4, 0.5) is 8.78 Å². The number of ether oxygens (including phenoxy) is 1. The van der Waals surface area contributed by atoms with E-state index >= 15 is 0 Å². The van der Waals surface area contributed by atoms with Crippen molar-refractivity contribution in [1.82, 2.24) is 24.9 Å². The van der Waals surface area contributed by atoms with Crippen molar-refractivity contribution in [2.75, 3.05) is 6.61 Å². The maximum absolute atomic E-state index is 15.0. The van der Waals surface area contributed by atoms with Gasteiger partial charge in [-0.25, -0.2) is 28.7 Å². The number of hydrogen-bond acceptors (Lipinski definition) is 6. The Kier molecular flexibility index (Phi) is 5.95. The lowest BCUT2D eigenvalue weighted by Gasteiger charge is -2.29. The lowest BCUT2D eigenvalue weighted by atomic mass is 9.91. The van der Waals surface area contributed by atoms with E-state index < -0.39 is 11.6 Å². The third-order valence-corrected chi connectivity index (χ3v) is 6.48. The quantitative estimate of drug-likeness (QED) is 0.335. The monoisotopic (exact) mass is 481 g/mol. The second-order valence-electron chi connectivity index (χ2n) is 8.53. The van der Waals surface area contributed by atoms with E-state index in [0.29, 0.717) is 47.8 Å². The van der Waals surface area contributed by atoms with Gasteiger partial charge in [-0.3, -0.25) is 4.98 Å². The van der Waals surface area contributed by atoms with Crippen molar-refractivity contribution in [3.05, 3.63) is 75.6 Å². The summed E-state index contributed by atoms with van der Waals surface area (Å²) in [6.45, 7) is 6.10. The van der Waals surface area contributed by atoms with Gasteiger partial charge in [-0.15, -0.1) is 0 Å². The number of aromatic nitrogens is 5. The molecule has 0 radical (unpaired) electrons. The molecule has 5 rings (SSSR count). The van der Waals surface area contributed by atoms with E-state index in [2.05, 4.69) is 15.0 Å². The number of rotatable bonds is 3. The molecule has 9 heteroatoms. The Labute approximate surface area is 200 Å². The normalized spacial score (nSPS) is 18.4. The molecule has 1 fully saturated rings. The first kappa shape index (κ1) is 22.7. The van der Waals surface area contributed by atoms with Crippen LogP contribution in [-0.4, -0.2) is 31.5 Å². The van der Waals surface area contributed by atoms with Gasteiger partial charge in [0.25, 0.3) is 0 Å². The Morgan fingerprint density at radius 1 is 0.971 bits per heavy atom. The predicted octanol–water partition coefficient (Wildman–Crippen LogP) is 5.97. The minimum atomic E-state index is -1.12. The van der Waals surface area contributed by atoms with Gasteiger partial charge >= 0.3 is 0 Å². The molecule has 0 amide bonds. The summed E-state index contributed by atoms with van der Waals surface area (Å²) in [5, 5.41) is -0.294. The molecule has 0 N–H and O–H groups in total. The lowest BCUT2D eigenvalue weighted by molar-refractivity contribution is 0.00393. The van der Waals surface area contributed by atoms with Gasteiger partial charge in [-0.1, -0.05) is 11.6 Å². The lowest BCUT2D eigenvalue weighted by Crippen LogP contribution is -2.21. The molecule has 0 bridgehead atoms. The van der Waals surface area contributed by atoms with Crippen LogP contribution in [0.2, 0.25) is 5.02 Å². The Hall–Kier alpha value is -3.10. The molecule has 1 aliphatic heterocycles. The number of benzene rings is 1. The van der Waals surface area contributed by atoms with Crippen LogP contribution in [0.15, 0.2) is 30.5 Å². The van der Waals surface area contributed by atoms with E-state index in [1.54, 1.807) is 13.1 Å². The van der Waals surface area contributed by atoms with Crippen molar-refractivity contribution < 1.29 is 13.5 Å². The van der Waals surface area contributed by atoms with Crippen LogP contribution in [0.3, 0.4) is 0 Å². The minimum absolute atomic E-state index is 0.0264. The van der Waals surface area contributed by atoms with E-state index in [1.807, 2.05) is 26.0 Å². The van der Waals surface area contributed by atoms with Crippen LogP contribution < -0.4 is 0 Å². The first-order valence-corrected chi connectivity index (χ1v) is 11.4. The van der Waals surface area contributed by atoms with E-state index in [1.165, 1.54) is 12.1 Å². The number of nitrogens with zero attached hydrogens (tertiary/aromatic N) is 5. The molecule has 2 unspecified atom stereocenters. The molecule has 1 aromatic carbocycles. The molecule has 0 spiro atoms. The highest BCUT2D eigenvalue weighted by molar-refractivity contribution is 6.30. The first-order valence-electron chi connectivity index (χ1n) is 11.0. The summed E-state index contributed by atoms with van der Waals surface area (Å²) in [5.74, 6) is -1.74. The molecule has 0 aliphatic carbocycles. The van der Waals surface area contributed by atoms with Gasteiger partial charge in [0.1, 0.15) is 17.0 Å². The maximum Gasteiger partial charge on any atom is 0.182 e. The third kappa shape index (κ3) is 4.12. The Bertz CT molecular complexity index is 1410. The Morgan fingerprint density at radius 2 is 1.76 bits per heavy atom. The topological polar surface area (TPSA) is 73.7 Å². The summed E-state index contributed by atoms with van der Waals surface area (Å²) in [4.78, 5) is 22.8. The van der Waals surface area contributed by atoms with Gasteiger partial charge in [0.2, 0.25) is 0 Å². The van der Waals surface area contributed by atoms with Gasteiger partial charge < -0.3 is 4.74 Å². The van der Waals surface area contributed by atoms with Gasteiger partial charge in [0, 0.05) is 30.0 Å². The summed E-state index contributed by atoms with van der Waals surface area (Å²) < 4.78 is 35.3. The molecule has 174 valence electrons. The largest absolute Gasteiger partial charge is 0.373 e. The Balaban J connectivity index is 1.64. The molecule has 0 saturated carbocycles. The SMILES string of the molecule is Cc1cc(C2CC(c3nc(-c4ccc(Cl)c(F)c4F)c4nc(C)c(C)nc4n3)CCO2)ccn1. The number of halogens is 3. The highest BCUT2D eigenvalue weighted by Crippen LogP contribution is 2.38. The molecular formula is C25H22ClF2N5O. The molecule has 2 atom stereocenters. The van der Waals surface area contributed by atoms with Crippen LogP contribution in [0.1, 0.15) is 53.3 Å². The van der Waals surface area contributed by atoms with E-state index in [9.17, 15) is 8.78 Å². The fraction of sp³-hybridized carbons (Fsp3) is 0.320. The fourth-order valence-corrected chi connectivity index (χ4v) is 4.39. The molecule has 1 saturated heterocycles. The highest BCUT2D eigenvalue weighted by atomic mass is 35.5. The first-order chi connectivity index (χ1) is 16.3. The summed E-state index contributed by atoms with van der Waals surface area (Å²) in [6, 6.07) is 6.67. The smallest absolute Gasteiger partial charge is 0.182 e. The van der Waals surface area contributed by atoms with Crippen LogP contribution in [0.5, 0.6) is 0 Å². The second-order valence-corrected chi connectivity index (χ2v) is 8.94. The Morgan fingerprint density at radius 3 is 2.56 bits per heavy atom. The molecule has 4 aromatic rings. The van der Waals surface area contributed by atoms with Crippen LogP contribution >= 0.6 is 11.6 Å². The van der Waals surface area contributed by atoms with E-state index in [-0.39, 0.29) is 28.3 Å². The number of fused-ring (bicyclic) bond motifs is 1. The minimum Gasteiger partial charge on any atom is -0.373 e. The zero-order chi connectivity index (χ0) is 24.0. The maximum atomic E-state index is 15.0. The standard InChI is InChI=1S/C25H22ClF2N5O/c1-12-10-15(6-8-29-12)19-11-16(7-9-34-19)24-32-22(17-4-5-18(26)21(28)20(17)27)23-25(33-24)31-14(3)13(2)30-23/h4-6,8,10,16,19H,7,9,11H2,1-3H3.